The lowest BCUT2D eigenvalue weighted by molar-refractivity contribution is 0.0915. The van der Waals surface area contributed by atoms with Crippen molar-refractivity contribution in [2.45, 2.75) is 45.6 Å². The Balaban J connectivity index is 1.54. The molecule has 0 aromatic heterocycles. The molecule has 1 saturated carbocycles. The number of nitrogens with zero attached hydrogens (tertiary/aromatic N) is 1. The van der Waals surface area contributed by atoms with Gasteiger partial charge in [0, 0.05) is 37.7 Å². The van der Waals surface area contributed by atoms with Crippen LogP contribution in [-0.2, 0) is 4.74 Å². The van der Waals surface area contributed by atoms with Gasteiger partial charge in [-0.05, 0) is 44.1 Å². The molecule has 2 bridgehead atoms. The summed E-state index contributed by atoms with van der Waals surface area (Å²) >= 11 is 0. The SMILES string of the molecule is CC(C)CNCC1(CN2CC3CCC2C3)CCOC1. The fourth-order valence-electron chi connectivity index (χ4n) is 4.25. The highest BCUT2D eigenvalue weighted by molar-refractivity contribution is 4.97. The maximum absolute atomic E-state index is 5.74. The van der Waals surface area contributed by atoms with Gasteiger partial charge in [0.25, 0.3) is 0 Å². The number of likely N-dealkylation sites (tertiary alicyclic amines) is 1. The van der Waals surface area contributed by atoms with E-state index in [9.17, 15) is 0 Å². The predicted octanol–water partition coefficient (Wildman–Crippen LogP) is 2.12. The van der Waals surface area contributed by atoms with Crippen LogP contribution in [0.4, 0.5) is 0 Å². The summed E-state index contributed by atoms with van der Waals surface area (Å²) in [6.07, 6.45) is 5.64. The van der Waals surface area contributed by atoms with Gasteiger partial charge < -0.3 is 10.1 Å². The maximum atomic E-state index is 5.74. The largest absolute Gasteiger partial charge is 0.381 e. The summed E-state index contributed by atoms with van der Waals surface area (Å²) in [5.74, 6) is 1.75. The van der Waals surface area contributed by atoms with Crippen LogP contribution in [0.15, 0.2) is 0 Å². The van der Waals surface area contributed by atoms with Crippen molar-refractivity contribution in [2.75, 3.05) is 39.4 Å². The van der Waals surface area contributed by atoms with Crippen LogP contribution < -0.4 is 5.32 Å². The lowest BCUT2D eigenvalue weighted by Gasteiger charge is -2.37. The van der Waals surface area contributed by atoms with Crippen LogP contribution in [0.2, 0.25) is 0 Å². The van der Waals surface area contributed by atoms with Crippen LogP contribution in [0.5, 0.6) is 0 Å². The molecule has 3 atom stereocenters. The van der Waals surface area contributed by atoms with E-state index >= 15 is 0 Å². The fraction of sp³-hybridized carbons (Fsp3) is 1.00. The first-order valence-electron chi connectivity index (χ1n) is 8.19. The van der Waals surface area contributed by atoms with Crippen molar-refractivity contribution < 1.29 is 4.74 Å². The Morgan fingerprint density at radius 3 is 2.84 bits per heavy atom. The number of nitrogens with one attached hydrogen (secondary N) is 1. The molecule has 0 aromatic carbocycles. The topological polar surface area (TPSA) is 24.5 Å². The van der Waals surface area contributed by atoms with Gasteiger partial charge in [0.15, 0.2) is 0 Å². The molecule has 1 N–H and O–H groups in total. The molecule has 0 amide bonds. The number of hydrogen-bond acceptors (Lipinski definition) is 3. The first-order valence-corrected chi connectivity index (χ1v) is 8.19. The Morgan fingerprint density at radius 2 is 2.26 bits per heavy atom. The molecular formula is C16H30N2O. The van der Waals surface area contributed by atoms with Crippen LogP contribution in [0.25, 0.3) is 0 Å². The van der Waals surface area contributed by atoms with Crippen LogP contribution in [0.3, 0.4) is 0 Å². The normalized spacial score (nSPS) is 38.7. The van der Waals surface area contributed by atoms with Crippen molar-refractivity contribution >= 4 is 0 Å². The van der Waals surface area contributed by atoms with Crippen LogP contribution in [0, 0.1) is 17.3 Å². The van der Waals surface area contributed by atoms with E-state index in [1.807, 2.05) is 0 Å². The number of fused-ring (bicyclic) bond motifs is 2. The minimum absolute atomic E-state index is 0.388. The molecule has 2 aliphatic heterocycles. The third kappa shape index (κ3) is 3.14. The van der Waals surface area contributed by atoms with E-state index in [0.29, 0.717) is 5.41 Å². The van der Waals surface area contributed by atoms with Gasteiger partial charge in [-0.15, -0.1) is 0 Å². The van der Waals surface area contributed by atoms with Gasteiger partial charge in [0.05, 0.1) is 6.61 Å². The zero-order valence-corrected chi connectivity index (χ0v) is 12.7. The molecule has 110 valence electrons. The summed E-state index contributed by atoms with van der Waals surface area (Å²) in [6.45, 7) is 11.4. The van der Waals surface area contributed by atoms with Crippen molar-refractivity contribution in [3.63, 3.8) is 0 Å². The monoisotopic (exact) mass is 266 g/mol. The summed E-state index contributed by atoms with van der Waals surface area (Å²) in [7, 11) is 0. The molecule has 19 heavy (non-hydrogen) atoms. The van der Waals surface area contributed by atoms with Gasteiger partial charge in [-0.3, -0.25) is 4.90 Å². The third-order valence-corrected chi connectivity index (χ3v) is 5.30. The Kier molecular flexibility index (Phi) is 4.16. The Bertz CT molecular complexity index is 299. The molecular weight excluding hydrogens is 236 g/mol. The average Bonchev–Trinajstić information content (AvgIpc) is 3.05. The smallest absolute Gasteiger partial charge is 0.0547 e. The highest BCUT2D eigenvalue weighted by Gasteiger charge is 2.43. The molecule has 2 heterocycles. The van der Waals surface area contributed by atoms with Crippen molar-refractivity contribution in [3.8, 4) is 0 Å². The molecule has 0 radical (unpaired) electrons. The van der Waals surface area contributed by atoms with Gasteiger partial charge >= 0.3 is 0 Å². The highest BCUT2D eigenvalue weighted by atomic mass is 16.5. The summed E-state index contributed by atoms with van der Waals surface area (Å²) in [4.78, 5) is 2.78. The van der Waals surface area contributed by atoms with Crippen LogP contribution in [-0.4, -0.2) is 50.3 Å². The first kappa shape index (κ1) is 13.8. The van der Waals surface area contributed by atoms with E-state index in [-0.39, 0.29) is 0 Å². The molecule has 0 spiro atoms. The standard InChI is InChI=1S/C16H30N2O/c1-13(2)8-17-10-16(5-6-19-12-16)11-18-9-14-3-4-15(18)7-14/h13-15,17H,3-12H2,1-2H3. The second kappa shape index (κ2) is 5.71. The molecule has 3 aliphatic rings. The van der Waals surface area contributed by atoms with Gasteiger partial charge in [-0.2, -0.15) is 0 Å². The molecule has 3 fully saturated rings. The minimum Gasteiger partial charge on any atom is -0.381 e. The van der Waals surface area contributed by atoms with Gasteiger partial charge in [0.2, 0.25) is 0 Å². The van der Waals surface area contributed by atoms with Crippen molar-refractivity contribution in [1.29, 1.82) is 0 Å². The summed E-state index contributed by atoms with van der Waals surface area (Å²) in [6, 6.07) is 0.896. The zero-order chi connectivity index (χ0) is 13.3. The zero-order valence-electron chi connectivity index (χ0n) is 12.7. The van der Waals surface area contributed by atoms with E-state index in [4.69, 9.17) is 4.74 Å². The Labute approximate surface area is 118 Å². The van der Waals surface area contributed by atoms with Gasteiger partial charge in [-0.25, -0.2) is 0 Å². The lowest BCUT2D eigenvalue weighted by atomic mass is 9.85. The molecule has 3 rings (SSSR count). The predicted molar refractivity (Wildman–Crippen MR) is 78.3 cm³/mol. The van der Waals surface area contributed by atoms with Crippen molar-refractivity contribution in [2.24, 2.45) is 17.3 Å². The molecule has 0 aromatic rings. The van der Waals surface area contributed by atoms with Gasteiger partial charge in [-0.1, -0.05) is 13.8 Å². The molecule has 2 saturated heterocycles. The Hall–Kier alpha value is -0.120. The molecule has 3 nitrogen and oxygen atoms in total. The Morgan fingerprint density at radius 1 is 1.37 bits per heavy atom. The van der Waals surface area contributed by atoms with Crippen molar-refractivity contribution in [1.82, 2.24) is 10.2 Å². The quantitative estimate of drug-likeness (QED) is 0.797. The van der Waals surface area contributed by atoms with Crippen LogP contribution in [0.1, 0.15) is 39.5 Å². The summed E-state index contributed by atoms with van der Waals surface area (Å²) in [5, 5.41) is 3.68. The highest BCUT2D eigenvalue weighted by Crippen LogP contribution is 2.40. The molecule has 3 unspecified atom stereocenters. The fourth-order valence-corrected chi connectivity index (χ4v) is 4.25. The second-order valence-corrected chi connectivity index (χ2v) is 7.59. The van der Waals surface area contributed by atoms with Gasteiger partial charge in [0.1, 0.15) is 0 Å². The molecule has 1 aliphatic carbocycles. The van der Waals surface area contributed by atoms with E-state index in [1.165, 1.54) is 38.8 Å². The van der Waals surface area contributed by atoms with E-state index < -0.39 is 0 Å². The van der Waals surface area contributed by atoms with Crippen LogP contribution >= 0.6 is 0 Å². The number of rotatable bonds is 6. The number of piperidine rings is 1. The van der Waals surface area contributed by atoms with Crippen molar-refractivity contribution in [3.05, 3.63) is 0 Å². The molecule has 3 heteroatoms. The summed E-state index contributed by atoms with van der Waals surface area (Å²) in [5.41, 5.74) is 0.388. The number of ether oxygens (including phenoxy) is 1. The van der Waals surface area contributed by atoms with E-state index in [2.05, 4.69) is 24.1 Å². The first-order chi connectivity index (χ1) is 9.17. The van der Waals surface area contributed by atoms with E-state index in [0.717, 1.165) is 44.2 Å². The second-order valence-electron chi connectivity index (χ2n) is 7.59. The lowest BCUT2D eigenvalue weighted by Crippen LogP contribution is -2.47. The number of hydrogen-bond donors (Lipinski definition) is 1. The minimum atomic E-state index is 0.388. The van der Waals surface area contributed by atoms with E-state index in [1.54, 1.807) is 0 Å². The third-order valence-electron chi connectivity index (χ3n) is 5.30. The summed E-state index contributed by atoms with van der Waals surface area (Å²) < 4.78 is 5.74. The average molecular weight is 266 g/mol. The maximum Gasteiger partial charge on any atom is 0.0547 e.